The molecule has 2 aliphatic heterocycles. The summed E-state index contributed by atoms with van der Waals surface area (Å²) < 4.78 is 31.9. The predicted molar refractivity (Wildman–Crippen MR) is 167 cm³/mol. The molecule has 0 radical (unpaired) electrons. The maximum Gasteiger partial charge on any atom is 0.163 e. The van der Waals surface area contributed by atoms with E-state index in [1.165, 1.54) is 26.4 Å². The molecule has 0 bridgehead atoms. The molecule has 2 heterocycles. The van der Waals surface area contributed by atoms with Crippen molar-refractivity contribution in [1.82, 2.24) is 4.90 Å². The Balaban J connectivity index is 0.000000257. The van der Waals surface area contributed by atoms with E-state index in [-0.39, 0.29) is 0 Å². The van der Waals surface area contributed by atoms with E-state index in [9.17, 15) is 0 Å². The summed E-state index contributed by atoms with van der Waals surface area (Å²) in [6, 6.07) is 10.4. The number of nitrogen functional groups attached to an aromatic ring is 2. The van der Waals surface area contributed by atoms with Gasteiger partial charge in [-0.3, -0.25) is 4.90 Å². The van der Waals surface area contributed by atoms with Crippen LogP contribution in [0.2, 0.25) is 0 Å². The largest absolute Gasteiger partial charge is 0.493 e. The number of alkyl halides is 1. The van der Waals surface area contributed by atoms with Crippen molar-refractivity contribution in [2.45, 2.75) is 32.1 Å². The highest BCUT2D eigenvalue weighted by molar-refractivity contribution is 6.17. The Hall–Kier alpha value is -3.61. The molecule has 2 fully saturated rings. The first-order chi connectivity index (χ1) is 21.0. The lowest BCUT2D eigenvalue weighted by atomic mass is 10.2. The normalized spacial score (nSPS) is 14.4. The van der Waals surface area contributed by atoms with Crippen molar-refractivity contribution in [2.24, 2.45) is 0 Å². The summed E-state index contributed by atoms with van der Waals surface area (Å²) in [6.45, 7) is 7.63. The highest BCUT2D eigenvalue weighted by atomic mass is 35.5. The third-order valence-electron chi connectivity index (χ3n) is 6.51. The lowest BCUT2D eigenvalue weighted by molar-refractivity contribution is 0.0357. The average molecular weight is 618 g/mol. The number of halogens is 1. The molecule has 4 rings (SSSR count). The number of benzene rings is 2. The van der Waals surface area contributed by atoms with Gasteiger partial charge in [0, 0.05) is 63.0 Å². The van der Waals surface area contributed by atoms with Crippen LogP contribution in [0.15, 0.2) is 24.3 Å². The molecule has 0 aromatic heterocycles. The van der Waals surface area contributed by atoms with Crippen LogP contribution in [0.1, 0.15) is 43.2 Å². The summed E-state index contributed by atoms with van der Waals surface area (Å²) in [5, 5.41) is 17.7. The molecule has 0 saturated carbocycles. The van der Waals surface area contributed by atoms with Crippen LogP contribution in [0.25, 0.3) is 0 Å². The minimum Gasteiger partial charge on any atom is -0.493 e. The van der Waals surface area contributed by atoms with Crippen molar-refractivity contribution in [3.05, 3.63) is 35.4 Å². The highest BCUT2D eigenvalue weighted by Crippen LogP contribution is 2.33. The van der Waals surface area contributed by atoms with Gasteiger partial charge in [-0.25, -0.2) is 0 Å². The van der Waals surface area contributed by atoms with Gasteiger partial charge in [-0.15, -0.1) is 11.6 Å². The van der Waals surface area contributed by atoms with Crippen LogP contribution in [0.3, 0.4) is 0 Å². The molecule has 2 aliphatic rings. The van der Waals surface area contributed by atoms with E-state index in [1.807, 2.05) is 12.1 Å². The molecule has 0 spiro atoms. The van der Waals surface area contributed by atoms with Gasteiger partial charge in [0.1, 0.15) is 12.1 Å². The molecule has 0 aliphatic carbocycles. The Morgan fingerprint density at radius 1 is 0.744 bits per heavy atom. The fourth-order valence-corrected chi connectivity index (χ4v) is 4.22. The summed E-state index contributed by atoms with van der Waals surface area (Å²) in [7, 11) is 3.06. The number of hydrogen-bond acceptors (Lipinski definition) is 11. The SMILES string of the molecule is C1CCOCC1.COc1cc(C#N)c(N)cc1OCCCCl.COc1cc(C#N)c(N)cc1OCCCN1CCOCC1. The summed E-state index contributed by atoms with van der Waals surface area (Å²) in [5.41, 5.74) is 13.0. The van der Waals surface area contributed by atoms with Gasteiger partial charge in [-0.1, -0.05) is 0 Å². The van der Waals surface area contributed by atoms with Crippen LogP contribution in [0.5, 0.6) is 23.0 Å². The van der Waals surface area contributed by atoms with Gasteiger partial charge >= 0.3 is 0 Å². The quantitative estimate of drug-likeness (QED) is 0.206. The van der Waals surface area contributed by atoms with E-state index in [4.69, 9.17) is 62.0 Å². The average Bonchev–Trinajstić information content (AvgIpc) is 3.05. The zero-order chi connectivity index (χ0) is 31.3. The zero-order valence-corrected chi connectivity index (χ0v) is 26.0. The lowest BCUT2D eigenvalue weighted by Gasteiger charge is -2.26. The Labute approximate surface area is 260 Å². The Morgan fingerprint density at radius 2 is 1.23 bits per heavy atom. The standard InChI is InChI=1S/C15H21N3O3.C11H13ClN2O2.C5H10O/c1-19-14-9-12(11-16)13(17)10-15(14)21-6-2-3-18-4-7-20-8-5-18;1-15-10-5-8(7-13)9(14)6-11(10)16-4-2-3-12;1-2-4-6-5-3-1/h9-10H,2-8,17H2,1H3;5-6H,2-4,14H2,1H3;1-5H2. The Morgan fingerprint density at radius 3 is 1.63 bits per heavy atom. The summed E-state index contributed by atoms with van der Waals surface area (Å²) in [5.74, 6) is 2.68. The molecule has 2 aromatic rings. The molecule has 236 valence electrons. The number of nitrogens with two attached hydrogens (primary N) is 2. The van der Waals surface area contributed by atoms with Crippen LogP contribution in [0, 0.1) is 22.7 Å². The number of ether oxygens (including phenoxy) is 6. The predicted octanol–water partition coefficient (Wildman–Crippen LogP) is 4.59. The maximum absolute atomic E-state index is 8.95. The third-order valence-corrected chi connectivity index (χ3v) is 6.77. The van der Waals surface area contributed by atoms with Crippen molar-refractivity contribution in [1.29, 1.82) is 10.5 Å². The molecule has 0 atom stereocenters. The number of nitrogens with zero attached hydrogens (tertiary/aromatic N) is 3. The topological polar surface area (TPSA) is 158 Å². The molecule has 0 amide bonds. The first kappa shape index (κ1) is 35.6. The number of morpholine rings is 1. The van der Waals surface area contributed by atoms with Crippen LogP contribution < -0.4 is 30.4 Å². The van der Waals surface area contributed by atoms with Gasteiger partial charge in [0.2, 0.25) is 0 Å². The van der Waals surface area contributed by atoms with Crippen molar-refractivity contribution < 1.29 is 28.4 Å². The fraction of sp³-hybridized carbons (Fsp3) is 0.548. The van der Waals surface area contributed by atoms with Crippen molar-refractivity contribution in [3.63, 3.8) is 0 Å². The summed E-state index contributed by atoms with van der Waals surface area (Å²) >= 11 is 5.54. The number of nitriles is 2. The van der Waals surface area contributed by atoms with E-state index in [0.29, 0.717) is 64.6 Å². The second kappa shape index (κ2) is 21.1. The molecule has 43 heavy (non-hydrogen) atoms. The fourth-order valence-electron chi connectivity index (χ4n) is 4.11. The van der Waals surface area contributed by atoms with E-state index in [0.717, 1.165) is 58.9 Å². The minimum absolute atomic E-state index is 0.376. The first-order valence-electron chi connectivity index (χ1n) is 14.4. The summed E-state index contributed by atoms with van der Waals surface area (Å²) in [6.07, 6.45) is 5.59. The molecule has 2 saturated heterocycles. The Bertz CT molecular complexity index is 1170. The van der Waals surface area contributed by atoms with Gasteiger partial charge in [-0.2, -0.15) is 10.5 Å². The van der Waals surface area contributed by atoms with Gasteiger partial charge in [0.25, 0.3) is 0 Å². The molecular weight excluding hydrogens is 574 g/mol. The van der Waals surface area contributed by atoms with Gasteiger partial charge in [0.05, 0.1) is 63.1 Å². The second-order valence-corrected chi connectivity index (χ2v) is 10.0. The van der Waals surface area contributed by atoms with Crippen molar-refractivity contribution in [2.75, 3.05) is 90.8 Å². The minimum atomic E-state index is 0.376. The number of rotatable bonds is 11. The lowest BCUT2D eigenvalue weighted by Crippen LogP contribution is -2.37. The Kier molecular flexibility index (Phi) is 17.5. The van der Waals surface area contributed by atoms with Crippen LogP contribution >= 0.6 is 11.6 Å². The van der Waals surface area contributed by atoms with E-state index >= 15 is 0 Å². The van der Waals surface area contributed by atoms with Crippen LogP contribution in [-0.2, 0) is 9.47 Å². The number of methoxy groups -OCH3 is 2. The number of hydrogen-bond donors (Lipinski definition) is 2. The third kappa shape index (κ3) is 13.1. The molecule has 2 aromatic carbocycles. The highest BCUT2D eigenvalue weighted by Gasteiger charge is 2.12. The van der Waals surface area contributed by atoms with E-state index in [1.54, 1.807) is 31.4 Å². The second-order valence-electron chi connectivity index (χ2n) is 9.62. The van der Waals surface area contributed by atoms with Crippen molar-refractivity contribution in [3.8, 4) is 35.1 Å². The van der Waals surface area contributed by atoms with Crippen molar-refractivity contribution >= 4 is 23.0 Å². The zero-order valence-electron chi connectivity index (χ0n) is 25.2. The summed E-state index contributed by atoms with van der Waals surface area (Å²) in [4.78, 5) is 2.36. The molecule has 0 unspecified atom stereocenters. The molecule has 12 heteroatoms. The number of anilines is 2. The molecule has 4 N–H and O–H groups in total. The molecule has 11 nitrogen and oxygen atoms in total. The van der Waals surface area contributed by atoms with Gasteiger partial charge in [0.15, 0.2) is 23.0 Å². The first-order valence-corrected chi connectivity index (χ1v) is 14.9. The van der Waals surface area contributed by atoms with Gasteiger partial charge < -0.3 is 39.9 Å². The van der Waals surface area contributed by atoms with Crippen LogP contribution in [0.4, 0.5) is 11.4 Å². The monoisotopic (exact) mass is 617 g/mol. The molecular formula is C31H44ClN5O6. The van der Waals surface area contributed by atoms with Gasteiger partial charge in [-0.05, 0) is 32.1 Å². The maximum atomic E-state index is 8.95. The smallest absolute Gasteiger partial charge is 0.163 e. The van der Waals surface area contributed by atoms with E-state index < -0.39 is 0 Å². The van der Waals surface area contributed by atoms with E-state index in [2.05, 4.69) is 4.90 Å². The van der Waals surface area contributed by atoms with Crippen LogP contribution in [-0.4, -0.2) is 84.3 Å².